The highest BCUT2D eigenvalue weighted by Crippen LogP contribution is 2.24. The third kappa shape index (κ3) is 1.68. The van der Waals surface area contributed by atoms with Crippen LogP contribution in [0, 0.1) is 0 Å². The number of pyridine rings is 1. The van der Waals surface area contributed by atoms with Crippen molar-refractivity contribution in [1.82, 2.24) is 14.6 Å². The van der Waals surface area contributed by atoms with Gasteiger partial charge in [0.05, 0.1) is 4.47 Å². The maximum atomic E-state index is 5.82. The number of hydrogen-bond acceptors (Lipinski definition) is 3. The van der Waals surface area contributed by atoms with E-state index in [9.17, 15) is 0 Å². The molecule has 1 aromatic carbocycles. The van der Waals surface area contributed by atoms with Gasteiger partial charge in [-0.25, -0.2) is 0 Å². The highest BCUT2D eigenvalue weighted by Gasteiger charge is 2.10. The monoisotopic (exact) mass is 288 g/mol. The van der Waals surface area contributed by atoms with Crippen molar-refractivity contribution in [2.24, 2.45) is 0 Å². The highest BCUT2D eigenvalue weighted by molar-refractivity contribution is 9.10. The minimum atomic E-state index is 0.668. The number of fused-ring (bicyclic) bond motifs is 1. The van der Waals surface area contributed by atoms with Gasteiger partial charge in [0.1, 0.15) is 0 Å². The average molecular weight is 289 g/mol. The molecule has 17 heavy (non-hydrogen) atoms. The molecule has 0 spiro atoms. The Balaban J connectivity index is 2.32. The van der Waals surface area contributed by atoms with E-state index in [0.29, 0.717) is 5.69 Å². The van der Waals surface area contributed by atoms with Crippen molar-refractivity contribution < 1.29 is 0 Å². The molecule has 5 heteroatoms. The summed E-state index contributed by atoms with van der Waals surface area (Å²) in [5, 5.41) is 8.34. The second-order valence-corrected chi connectivity index (χ2v) is 4.56. The number of aromatic nitrogens is 3. The number of nitrogens with two attached hydrogens (primary N) is 1. The Morgan fingerprint density at radius 3 is 2.65 bits per heavy atom. The predicted octanol–water partition coefficient (Wildman–Crippen LogP) is 2.74. The van der Waals surface area contributed by atoms with Gasteiger partial charge in [-0.05, 0) is 22.0 Å². The van der Waals surface area contributed by atoms with Gasteiger partial charge in [-0.1, -0.05) is 30.3 Å². The molecule has 0 fully saturated rings. The first-order chi connectivity index (χ1) is 8.25. The Hall–Kier alpha value is -1.88. The van der Waals surface area contributed by atoms with Gasteiger partial charge >= 0.3 is 0 Å². The van der Waals surface area contributed by atoms with E-state index in [4.69, 9.17) is 5.73 Å². The molecule has 0 bridgehead atoms. The molecule has 2 aromatic heterocycles. The second-order valence-electron chi connectivity index (χ2n) is 3.70. The molecular weight excluding hydrogens is 280 g/mol. The van der Waals surface area contributed by atoms with Gasteiger partial charge in [0.25, 0.3) is 0 Å². The fourth-order valence-electron chi connectivity index (χ4n) is 1.76. The number of benzene rings is 1. The first-order valence-corrected chi connectivity index (χ1v) is 5.90. The third-order valence-corrected chi connectivity index (χ3v) is 3.10. The summed E-state index contributed by atoms with van der Waals surface area (Å²) in [7, 11) is 0. The maximum absolute atomic E-state index is 5.82. The van der Waals surface area contributed by atoms with Gasteiger partial charge in [0.15, 0.2) is 11.5 Å². The zero-order valence-electron chi connectivity index (χ0n) is 8.84. The van der Waals surface area contributed by atoms with Gasteiger partial charge in [-0.3, -0.25) is 4.40 Å². The molecule has 3 aromatic rings. The van der Waals surface area contributed by atoms with Crippen LogP contribution in [0.5, 0.6) is 0 Å². The van der Waals surface area contributed by atoms with Crippen LogP contribution >= 0.6 is 15.9 Å². The first kappa shape index (κ1) is 10.3. The van der Waals surface area contributed by atoms with E-state index in [-0.39, 0.29) is 0 Å². The molecule has 2 N–H and O–H groups in total. The zero-order valence-corrected chi connectivity index (χ0v) is 10.4. The molecule has 2 heterocycles. The predicted molar refractivity (Wildman–Crippen MR) is 70.5 cm³/mol. The number of halogens is 1. The van der Waals surface area contributed by atoms with Crippen molar-refractivity contribution in [3.05, 3.63) is 47.1 Å². The summed E-state index contributed by atoms with van der Waals surface area (Å²) in [6, 6.07) is 11.7. The number of anilines is 1. The van der Waals surface area contributed by atoms with Gasteiger partial charge in [0.2, 0.25) is 0 Å². The van der Waals surface area contributed by atoms with Gasteiger partial charge in [0, 0.05) is 17.4 Å². The SMILES string of the molecule is Nc1cc(Br)c2nnc(-c3ccccc3)n2c1. The Labute approximate surface area is 106 Å². The van der Waals surface area contributed by atoms with E-state index in [1.54, 1.807) is 0 Å². The fraction of sp³-hybridized carbons (Fsp3) is 0. The standard InChI is InChI=1S/C12H9BrN4/c13-10-6-9(14)7-17-11(15-16-12(10)17)8-4-2-1-3-5-8/h1-7H,14H2. The number of hydrogen-bond donors (Lipinski definition) is 1. The van der Waals surface area contributed by atoms with Crippen LogP contribution in [0.15, 0.2) is 47.1 Å². The Kier molecular flexibility index (Phi) is 2.33. The first-order valence-electron chi connectivity index (χ1n) is 5.11. The van der Waals surface area contributed by atoms with Gasteiger partial charge in [-0.15, -0.1) is 10.2 Å². The molecule has 0 amide bonds. The lowest BCUT2D eigenvalue weighted by atomic mass is 10.2. The zero-order chi connectivity index (χ0) is 11.8. The lowest BCUT2D eigenvalue weighted by molar-refractivity contribution is 1.11. The van der Waals surface area contributed by atoms with Crippen molar-refractivity contribution in [1.29, 1.82) is 0 Å². The molecule has 0 saturated carbocycles. The van der Waals surface area contributed by atoms with Crippen molar-refractivity contribution in [2.45, 2.75) is 0 Å². The summed E-state index contributed by atoms with van der Waals surface area (Å²) >= 11 is 3.43. The molecule has 0 unspecified atom stereocenters. The van der Waals surface area contributed by atoms with Gasteiger partial charge < -0.3 is 5.73 Å². The molecular formula is C12H9BrN4. The number of nitrogen functional groups attached to an aromatic ring is 1. The maximum Gasteiger partial charge on any atom is 0.175 e. The van der Waals surface area contributed by atoms with Crippen LogP contribution in [0.2, 0.25) is 0 Å². The molecule has 0 saturated heterocycles. The topological polar surface area (TPSA) is 56.2 Å². The minimum absolute atomic E-state index is 0.668. The molecule has 0 aliphatic carbocycles. The largest absolute Gasteiger partial charge is 0.397 e. The highest BCUT2D eigenvalue weighted by atomic mass is 79.9. The van der Waals surface area contributed by atoms with E-state index < -0.39 is 0 Å². The molecule has 0 radical (unpaired) electrons. The van der Waals surface area contributed by atoms with Crippen molar-refractivity contribution in [2.75, 3.05) is 5.73 Å². The summed E-state index contributed by atoms with van der Waals surface area (Å²) in [6.07, 6.45) is 1.82. The minimum Gasteiger partial charge on any atom is -0.397 e. The second kappa shape index (κ2) is 3.85. The quantitative estimate of drug-likeness (QED) is 0.749. The van der Waals surface area contributed by atoms with E-state index in [1.165, 1.54) is 0 Å². The molecule has 0 aliphatic heterocycles. The Bertz CT molecular complexity index is 676. The van der Waals surface area contributed by atoms with Crippen molar-refractivity contribution >= 4 is 27.3 Å². The summed E-state index contributed by atoms with van der Waals surface area (Å²) in [5.41, 5.74) is 8.27. The average Bonchev–Trinajstić information content (AvgIpc) is 2.74. The van der Waals surface area contributed by atoms with Crippen LogP contribution in [0.4, 0.5) is 5.69 Å². The third-order valence-electron chi connectivity index (χ3n) is 2.51. The van der Waals surface area contributed by atoms with Crippen molar-refractivity contribution in [3.8, 4) is 11.4 Å². The van der Waals surface area contributed by atoms with E-state index in [0.717, 1.165) is 21.5 Å². The summed E-state index contributed by atoms with van der Waals surface area (Å²) in [6.45, 7) is 0. The molecule has 4 nitrogen and oxygen atoms in total. The van der Waals surface area contributed by atoms with E-state index >= 15 is 0 Å². The normalized spacial score (nSPS) is 10.9. The van der Waals surface area contributed by atoms with Crippen LogP contribution in [0.1, 0.15) is 0 Å². The van der Waals surface area contributed by atoms with Crippen LogP contribution < -0.4 is 5.73 Å². The summed E-state index contributed by atoms with van der Waals surface area (Å²) in [5.74, 6) is 0.786. The molecule has 3 rings (SSSR count). The lowest BCUT2D eigenvalue weighted by Crippen LogP contribution is -1.94. The van der Waals surface area contributed by atoms with E-state index in [2.05, 4.69) is 26.1 Å². The fourth-order valence-corrected chi connectivity index (χ4v) is 2.29. The smallest absolute Gasteiger partial charge is 0.175 e. The number of rotatable bonds is 1. The van der Waals surface area contributed by atoms with Crippen LogP contribution in [-0.2, 0) is 0 Å². The van der Waals surface area contributed by atoms with Gasteiger partial charge in [-0.2, -0.15) is 0 Å². The number of nitrogens with zero attached hydrogens (tertiary/aromatic N) is 3. The molecule has 0 atom stereocenters. The Morgan fingerprint density at radius 1 is 1.12 bits per heavy atom. The molecule has 84 valence electrons. The van der Waals surface area contributed by atoms with Crippen molar-refractivity contribution in [3.63, 3.8) is 0 Å². The van der Waals surface area contributed by atoms with Crippen LogP contribution in [-0.4, -0.2) is 14.6 Å². The Morgan fingerprint density at radius 2 is 1.88 bits per heavy atom. The summed E-state index contributed by atoms with van der Waals surface area (Å²) in [4.78, 5) is 0. The van der Waals surface area contributed by atoms with Crippen LogP contribution in [0.25, 0.3) is 17.0 Å². The summed E-state index contributed by atoms with van der Waals surface area (Å²) < 4.78 is 2.72. The molecule has 0 aliphatic rings. The van der Waals surface area contributed by atoms with Crippen LogP contribution in [0.3, 0.4) is 0 Å². The van der Waals surface area contributed by atoms with E-state index in [1.807, 2.05) is 47.0 Å². The lowest BCUT2D eigenvalue weighted by Gasteiger charge is -2.02.